The Hall–Kier alpha value is -4.33. The number of carboxylic acid groups (broad SMARTS) is 1. The lowest BCUT2D eigenvalue weighted by Crippen LogP contribution is -2.43. The molecule has 6 N–H and O–H groups in total. The number of ether oxygens (including phenoxy) is 1. The number of guanidine groups is 1. The highest BCUT2D eigenvalue weighted by molar-refractivity contribution is 5.84. The van der Waals surface area contributed by atoms with Gasteiger partial charge in [0, 0.05) is 18.0 Å². The van der Waals surface area contributed by atoms with Gasteiger partial charge in [-0.15, -0.1) is 0 Å². The van der Waals surface area contributed by atoms with E-state index < -0.39 is 17.9 Å². The van der Waals surface area contributed by atoms with Gasteiger partial charge in [-0.3, -0.25) is 9.79 Å². The molecule has 0 spiro atoms. The fraction of sp³-hybridized carbons (Fsp3) is 0.222. The van der Waals surface area contributed by atoms with Crippen molar-refractivity contribution in [2.24, 2.45) is 16.5 Å². The summed E-state index contributed by atoms with van der Waals surface area (Å²) in [5.74, 6) is -1.25. The van der Waals surface area contributed by atoms with Gasteiger partial charge in [-0.25, -0.2) is 4.79 Å². The lowest BCUT2D eigenvalue weighted by molar-refractivity contribution is -0.142. The van der Waals surface area contributed by atoms with Gasteiger partial charge in [0.05, 0.1) is 0 Å². The molecular weight excluding hydrogens is 444 g/mol. The van der Waals surface area contributed by atoms with Gasteiger partial charge < -0.3 is 26.6 Å². The monoisotopic (exact) mass is 474 g/mol. The van der Waals surface area contributed by atoms with Crippen molar-refractivity contribution in [3.8, 4) is 5.75 Å². The molecule has 0 saturated carbocycles. The standard InChI is InChI=1S/C27H30N4O4/c28-27(29)30-17-9-15-22(26(33)34)31-24(32)18-35-23-16-8-7-14-21(23)25(19-10-3-1-4-11-19)20-12-5-2-6-13-20/h1-8,10-14,16,22,25H,9,15,17-18H2,(H,31,32)(H,33,34)(H4,28,29,30). The number of hydrogen-bond donors (Lipinski definition) is 4. The first-order valence-corrected chi connectivity index (χ1v) is 11.3. The highest BCUT2D eigenvalue weighted by atomic mass is 16.5. The van der Waals surface area contributed by atoms with Crippen LogP contribution in [0.1, 0.15) is 35.4 Å². The molecule has 0 aliphatic heterocycles. The number of carbonyl (C=O) groups is 2. The number of aliphatic imine (C=N–C) groups is 1. The summed E-state index contributed by atoms with van der Waals surface area (Å²) in [6, 6.07) is 26.6. The zero-order chi connectivity index (χ0) is 25.0. The molecule has 8 nitrogen and oxygen atoms in total. The van der Waals surface area contributed by atoms with Crippen LogP contribution >= 0.6 is 0 Å². The summed E-state index contributed by atoms with van der Waals surface area (Å²) in [6.07, 6.45) is 0.604. The number of rotatable bonds is 12. The van der Waals surface area contributed by atoms with Crippen molar-refractivity contribution in [2.45, 2.75) is 24.8 Å². The predicted molar refractivity (Wildman–Crippen MR) is 135 cm³/mol. The van der Waals surface area contributed by atoms with E-state index in [0.29, 0.717) is 12.2 Å². The van der Waals surface area contributed by atoms with E-state index in [4.69, 9.17) is 16.2 Å². The number of hydrogen-bond acceptors (Lipinski definition) is 4. The van der Waals surface area contributed by atoms with Crippen molar-refractivity contribution in [3.63, 3.8) is 0 Å². The van der Waals surface area contributed by atoms with Crippen LogP contribution in [-0.2, 0) is 9.59 Å². The van der Waals surface area contributed by atoms with Gasteiger partial charge in [-0.2, -0.15) is 0 Å². The SMILES string of the molecule is NC(N)=NCCCC(NC(=O)COc1ccccc1C(c1ccccc1)c1ccccc1)C(=O)O. The van der Waals surface area contributed by atoms with Gasteiger partial charge in [0.15, 0.2) is 12.6 Å². The molecule has 0 aliphatic carbocycles. The Labute approximate surface area is 204 Å². The molecule has 0 saturated heterocycles. The first kappa shape index (κ1) is 25.3. The number of amides is 1. The van der Waals surface area contributed by atoms with Gasteiger partial charge in [0.2, 0.25) is 0 Å². The number of benzene rings is 3. The first-order chi connectivity index (χ1) is 17.0. The van der Waals surface area contributed by atoms with Crippen molar-refractivity contribution in [3.05, 3.63) is 102 Å². The van der Waals surface area contributed by atoms with Crippen LogP contribution in [0.3, 0.4) is 0 Å². The molecule has 3 rings (SSSR count). The maximum absolute atomic E-state index is 12.5. The first-order valence-electron chi connectivity index (χ1n) is 11.3. The number of carbonyl (C=O) groups excluding carboxylic acids is 1. The number of carboxylic acids is 1. The van der Waals surface area contributed by atoms with Crippen molar-refractivity contribution < 1.29 is 19.4 Å². The molecule has 8 heteroatoms. The minimum atomic E-state index is -1.13. The number of para-hydroxylation sites is 1. The molecule has 0 aliphatic rings. The molecule has 1 atom stereocenters. The van der Waals surface area contributed by atoms with Gasteiger partial charge in [0.25, 0.3) is 5.91 Å². The molecule has 1 amide bonds. The minimum absolute atomic E-state index is 0.0581. The van der Waals surface area contributed by atoms with Crippen LogP contribution in [0, 0.1) is 0 Å². The van der Waals surface area contributed by atoms with E-state index in [1.54, 1.807) is 0 Å². The molecule has 3 aromatic carbocycles. The lowest BCUT2D eigenvalue weighted by atomic mass is 9.85. The molecule has 3 aromatic rings. The maximum Gasteiger partial charge on any atom is 0.326 e. The average Bonchev–Trinajstić information content (AvgIpc) is 2.86. The zero-order valence-corrected chi connectivity index (χ0v) is 19.3. The molecule has 0 radical (unpaired) electrons. The summed E-state index contributed by atoms with van der Waals surface area (Å²) in [5, 5.41) is 12.0. The zero-order valence-electron chi connectivity index (χ0n) is 19.3. The Morgan fingerprint density at radius 1 is 0.886 bits per heavy atom. The van der Waals surface area contributed by atoms with Crippen molar-refractivity contribution in [1.82, 2.24) is 5.32 Å². The van der Waals surface area contributed by atoms with E-state index in [1.165, 1.54) is 0 Å². The number of nitrogens with one attached hydrogen (secondary N) is 1. The van der Waals surface area contributed by atoms with Crippen LogP contribution in [-0.4, -0.2) is 42.1 Å². The summed E-state index contributed by atoms with van der Waals surface area (Å²) in [4.78, 5) is 27.9. The maximum atomic E-state index is 12.5. The summed E-state index contributed by atoms with van der Waals surface area (Å²) < 4.78 is 5.90. The fourth-order valence-corrected chi connectivity index (χ4v) is 3.83. The van der Waals surface area contributed by atoms with Crippen molar-refractivity contribution in [1.29, 1.82) is 0 Å². The van der Waals surface area contributed by atoms with E-state index in [1.807, 2.05) is 60.7 Å². The second-order valence-corrected chi connectivity index (χ2v) is 7.99. The van der Waals surface area contributed by atoms with Crippen LogP contribution in [0.15, 0.2) is 89.9 Å². The molecule has 35 heavy (non-hydrogen) atoms. The van der Waals surface area contributed by atoms with E-state index in [-0.39, 0.29) is 31.4 Å². The van der Waals surface area contributed by atoms with Crippen molar-refractivity contribution >= 4 is 17.8 Å². The minimum Gasteiger partial charge on any atom is -0.483 e. The quantitative estimate of drug-likeness (QED) is 0.138. The predicted octanol–water partition coefficient (Wildman–Crippen LogP) is 2.87. The van der Waals surface area contributed by atoms with Crippen LogP contribution in [0.5, 0.6) is 5.75 Å². The molecule has 0 fully saturated rings. The second kappa shape index (κ2) is 12.8. The summed E-state index contributed by atoms with van der Waals surface area (Å²) >= 11 is 0. The smallest absolute Gasteiger partial charge is 0.326 e. The molecule has 1 unspecified atom stereocenters. The normalized spacial score (nSPS) is 11.5. The second-order valence-electron chi connectivity index (χ2n) is 7.99. The Morgan fingerprint density at radius 3 is 2.03 bits per heavy atom. The van der Waals surface area contributed by atoms with E-state index in [0.717, 1.165) is 16.7 Å². The van der Waals surface area contributed by atoms with Crippen LogP contribution < -0.4 is 21.5 Å². The summed E-state index contributed by atoms with van der Waals surface area (Å²) in [5.41, 5.74) is 13.6. The highest BCUT2D eigenvalue weighted by Crippen LogP contribution is 2.37. The van der Waals surface area contributed by atoms with Crippen LogP contribution in [0.25, 0.3) is 0 Å². The number of nitrogens with two attached hydrogens (primary N) is 2. The van der Waals surface area contributed by atoms with E-state index in [9.17, 15) is 14.7 Å². The third kappa shape index (κ3) is 7.60. The Kier molecular flexibility index (Phi) is 9.24. The topological polar surface area (TPSA) is 140 Å². The average molecular weight is 475 g/mol. The Balaban J connectivity index is 1.73. The van der Waals surface area contributed by atoms with Crippen molar-refractivity contribution in [2.75, 3.05) is 13.2 Å². The van der Waals surface area contributed by atoms with E-state index >= 15 is 0 Å². The Morgan fingerprint density at radius 2 is 1.46 bits per heavy atom. The Bertz CT molecular complexity index is 1090. The number of nitrogens with zero attached hydrogens (tertiary/aromatic N) is 1. The summed E-state index contributed by atoms with van der Waals surface area (Å²) in [6.45, 7) is -0.0305. The fourth-order valence-electron chi connectivity index (χ4n) is 3.83. The third-order valence-corrected chi connectivity index (χ3v) is 5.43. The largest absolute Gasteiger partial charge is 0.483 e. The molecule has 0 bridgehead atoms. The molecule has 182 valence electrons. The van der Waals surface area contributed by atoms with Gasteiger partial charge in [-0.1, -0.05) is 78.9 Å². The third-order valence-electron chi connectivity index (χ3n) is 5.43. The lowest BCUT2D eigenvalue weighted by Gasteiger charge is -2.22. The van der Waals surface area contributed by atoms with Gasteiger partial charge in [0.1, 0.15) is 11.8 Å². The van der Waals surface area contributed by atoms with Crippen LogP contribution in [0.2, 0.25) is 0 Å². The van der Waals surface area contributed by atoms with E-state index in [2.05, 4.69) is 34.6 Å². The highest BCUT2D eigenvalue weighted by Gasteiger charge is 2.22. The molecule has 0 heterocycles. The van der Waals surface area contributed by atoms with Gasteiger partial charge >= 0.3 is 5.97 Å². The molecule has 0 aromatic heterocycles. The number of aliphatic carboxylic acids is 1. The summed E-state index contributed by atoms with van der Waals surface area (Å²) in [7, 11) is 0. The van der Waals surface area contributed by atoms with Gasteiger partial charge in [-0.05, 0) is 30.0 Å². The molecular formula is C27H30N4O4. The van der Waals surface area contributed by atoms with Crippen LogP contribution in [0.4, 0.5) is 0 Å².